The standard InChI is InChI=1S/C24H39N3S/c1-17-25-22-19(15-21(28-22)18-7-9-23(2,3)10-8-18)20(26(17)6)16-27-13-11-24(4,5)12-14-27/h15,18,20H,7-14,16H2,1-6H3. The lowest BCUT2D eigenvalue weighted by Crippen LogP contribution is -2.44. The highest BCUT2D eigenvalue weighted by Gasteiger charge is 2.34. The summed E-state index contributed by atoms with van der Waals surface area (Å²) < 4.78 is 0. The predicted molar refractivity (Wildman–Crippen MR) is 122 cm³/mol. The summed E-state index contributed by atoms with van der Waals surface area (Å²) in [6, 6.07) is 2.99. The molecule has 1 atom stereocenters. The van der Waals surface area contributed by atoms with Crippen molar-refractivity contribution >= 4 is 22.2 Å². The third-order valence-electron chi connectivity index (χ3n) is 7.74. The molecule has 0 spiro atoms. The number of likely N-dealkylation sites (tertiary alicyclic amines) is 1. The maximum atomic E-state index is 4.98. The van der Waals surface area contributed by atoms with Crippen molar-refractivity contribution in [2.45, 2.75) is 85.1 Å². The Morgan fingerprint density at radius 2 is 1.64 bits per heavy atom. The monoisotopic (exact) mass is 401 g/mol. The highest BCUT2D eigenvalue weighted by Crippen LogP contribution is 2.49. The smallest absolute Gasteiger partial charge is 0.123 e. The van der Waals surface area contributed by atoms with Gasteiger partial charge in [-0.1, -0.05) is 27.7 Å². The third-order valence-corrected chi connectivity index (χ3v) is 8.95. The van der Waals surface area contributed by atoms with Gasteiger partial charge in [-0.2, -0.15) is 0 Å². The van der Waals surface area contributed by atoms with Gasteiger partial charge in [0.2, 0.25) is 0 Å². The second-order valence-electron chi connectivity index (χ2n) is 11.1. The van der Waals surface area contributed by atoms with Gasteiger partial charge in [-0.05, 0) is 81.4 Å². The van der Waals surface area contributed by atoms with Crippen LogP contribution in [0.1, 0.15) is 95.5 Å². The Labute approximate surface area is 176 Å². The highest BCUT2D eigenvalue weighted by atomic mass is 32.1. The summed E-state index contributed by atoms with van der Waals surface area (Å²) in [5.41, 5.74) is 2.54. The van der Waals surface area contributed by atoms with E-state index in [1.54, 1.807) is 4.88 Å². The Hall–Kier alpha value is -0.870. The molecule has 3 heterocycles. The van der Waals surface area contributed by atoms with Gasteiger partial charge in [-0.15, -0.1) is 11.3 Å². The van der Waals surface area contributed by atoms with Crippen LogP contribution in [0.4, 0.5) is 5.00 Å². The van der Waals surface area contributed by atoms with E-state index in [4.69, 9.17) is 4.99 Å². The van der Waals surface area contributed by atoms with Crippen LogP contribution < -0.4 is 0 Å². The van der Waals surface area contributed by atoms with Crippen molar-refractivity contribution in [3.8, 4) is 0 Å². The van der Waals surface area contributed by atoms with Crippen LogP contribution in [-0.2, 0) is 0 Å². The first-order valence-electron chi connectivity index (χ1n) is 11.3. The molecule has 3 aliphatic rings. The topological polar surface area (TPSA) is 18.8 Å². The number of hydrogen-bond donors (Lipinski definition) is 0. The second kappa shape index (κ2) is 7.43. The number of amidine groups is 1. The van der Waals surface area contributed by atoms with Crippen LogP contribution in [0.3, 0.4) is 0 Å². The van der Waals surface area contributed by atoms with Gasteiger partial charge in [-0.3, -0.25) is 0 Å². The molecule has 1 aromatic heterocycles. The van der Waals surface area contributed by atoms with Crippen molar-refractivity contribution in [2.24, 2.45) is 15.8 Å². The van der Waals surface area contributed by atoms with Crippen LogP contribution in [0.2, 0.25) is 0 Å². The molecule has 1 unspecified atom stereocenters. The van der Waals surface area contributed by atoms with Gasteiger partial charge < -0.3 is 9.80 Å². The SMILES string of the molecule is CC1=Nc2sc(C3CCC(C)(C)CC3)cc2C(CN2CCC(C)(C)CC2)N1C. The molecule has 0 N–H and O–H groups in total. The van der Waals surface area contributed by atoms with E-state index in [9.17, 15) is 0 Å². The zero-order chi connectivity index (χ0) is 20.1. The van der Waals surface area contributed by atoms with E-state index in [1.165, 1.54) is 68.0 Å². The Morgan fingerprint density at radius 3 is 2.29 bits per heavy atom. The van der Waals surface area contributed by atoms with Crippen LogP contribution in [0.5, 0.6) is 0 Å². The van der Waals surface area contributed by atoms with E-state index in [0.29, 0.717) is 16.9 Å². The zero-order valence-electron chi connectivity index (χ0n) is 18.8. The van der Waals surface area contributed by atoms with E-state index in [1.807, 2.05) is 11.3 Å². The maximum Gasteiger partial charge on any atom is 0.123 e. The molecule has 1 aromatic rings. The second-order valence-corrected chi connectivity index (χ2v) is 12.2. The minimum absolute atomic E-state index is 0.457. The lowest BCUT2D eigenvalue weighted by atomic mass is 9.73. The lowest BCUT2D eigenvalue weighted by Gasteiger charge is -2.41. The average Bonchev–Trinajstić information content (AvgIpc) is 3.03. The number of likely N-dealkylation sites (N-methyl/N-ethyl adjacent to an activating group) is 1. The molecule has 28 heavy (non-hydrogen) atoms. The molecule has 4 heteroatoms. The van der Waals surface area contributed by atoms with Crippen LogP contribution >= 0.6 is 11.3 Å². The molecule has 0 radical (unpaired) electrons. The number of thiophene rings is 1. The Kier molecular flexibility index (Phi) is 5.41. The molecular weight excluding hydrogens is 362 g/mol. The zero-order valence-corrected chi connectivity index (χ0v) is 19.7. The molecule has 1 saturated carbocycles. The number of aliphatic imine (C=N–C) groups is 1. The summed E-state index contributed by atoms with van der Waals surface area (Å²) in [5, 5.41) is 1.29. The van der Waals surface area contributed by atoms with Crippen molar-refractivity contribution in [3.05, 3.63) is 16.5 Å². The number of fused-ring (bicyclic) bond motifs is 1. The molecule has 2 fully saturated rings. The van der Waals surface area contributed by atoms with E-state index < -0.39 is 0 Å². The summed E-state index contributed by atoms with van der Waals surface area (Å²) in [5.74, 6) is 1.92. The molecule has 4 rings (SSSR count). The molecule has 156 valence electrons. The summed E-state index contributed by atoms with van der Waals surface area (Å²) >= 11 is 1.98. The van der Waals surface area contributed by atoms with E-state index in [2.05, 4.69) is 57.5 Å². The van der Waals surface area contributed by atoms with Gasteiger partial charge in [0.05, 0.1) is 6.04 Å². The van der Waals surface area contributed by atoms with Gasteiger partial charge in [0.25, 0.3) is 0 Å². The molecule has 3 nitrogen and oxygen atoms in total. The largest absolute Gasteiger partial charge is 0.355 e. The highest BCUT2D eigenvalue weighted by molar-refractivity contribution is 7.16. The molecule has 2 aliphatic heterocycles. The third kappa shape index (κ3) is 4.18. The van der Waals surface area contributed by atoms with Gasteiger partial charge in [0, 0.05) is 24.0 Å². The van der Waals surface area contributed by atoms with Gasteiger partial charge in [-0.25, -0.2) is 4.99 Å². The number of piperidine rings is 1. The number of rotatable bonds is 3. The molecule has 1 saturated heterocycles. The van der Waals surface area contributed by atoms with Crippen molar-refractivity contribution in [1.82, 2.24) is 9.80 Å². The Balaban J connectivity index is 1.52. The summed E-state index contributed by atoms with van der Waals surface area (Å²) in [4.78, 5) is 11.7. The first-order valence-corrected chi connectivity index (χ1v) is 12.1. The van der Waals surface area contributed by atoms with Crippen LogP contribution in [0, 0.1) is 10.8 Å². The molecule has 0 aromatic carbocycles. The Bertz CT molecular complexity index is 725. The van der Waals surface area contributed by atoms with Gasteiger partial charge in [0.15, 0.2) is 0 Å². The van der Waals surface area contributed by atoms with Crippen molar-refractivity contribution in [1.29, 1.82) is 0 Å². The van der Waals surface area contributed by atoms with E-state index in [-0.39, 0.29) is 0 Å². The molecular formula is C24H39N3S. The van der Waals surface area contributed by atoms with Crippen LogP contribution in [0.25, 0.3) is 0 Å². The number of nitrogens with zero attached hydrogens (tertiary/aromatic N) is 3. The summed E-state index contributed by atoms with van der Waals surface area (Å²) in [6.07, 6.45) is 8.03. The maximum absolute atomic E-state index is 4.98. The molecule has 1 aliphatic carbocycles. The normalized spacial score (nSPS) is 28.1. The molecule has 0 bridgehead atoms. The minimum Gasteiger partial charge on any atom is -0.355 e. The fourth-order valence-corrected chi connectivity index (χ4v) is 6.39. The summed E-state index contributed by atoms with van der Waals surface area (Å²) in [6.45, 7) is 15.5. The van der Waals surface area contributed by atoms with Crippen molar-refractivity contribution in [3.63, 3.8) is 0 Å². The van der Waals surface area contributed by atoms with Crippen LogP contribution in [-0.4, -0.2) is 42.3 Å². The first-order chi connectivity index (χ1) is 13.1. The van der Waals surface area contributed by atoms with E-state index in [0.717, 1.165) is 12.5 Å². The van der Waals surface area contributed by atoms with Gasteiger partial charge in [0.1, 0.15) is 10.8 Å². The minimum atomic E-state index is 0.457. The average molecular weight is 402 g/mol. The lowest BCUT2D eigenvalue weighted by molar-refractivity contribution is 0.111. The fourth-order valence-electron chi connectivity index (χ4n) is 5.09. The van der Waals surface area contributed by atoms with Crippen LogP contribution in [0.15, 0.2) is 11.1 Å². The van der Waals surface area contributed by atoms with E-state index >= 15 is 0 Å². The number of hydrogen-bond acceptors (Lipinski definition) is 4. The fraction of sp³-hybridized carbons (Fsp3) is 0.792. The predicted octanol–water partition coefficient (Wildman–Crippen LogP) is 6.59. The Morgan fingerprint density at radius 1 is 1.04 bits per heavy atom. The van der Waals surface area contributed by atoms with Gasteiger partial charge >= 0.3 is 0 Å². The molecule has 0 amide bonds. The quantitative estimate of drug-likeness (QED) is 0.569. The van der Waals surface area contributed by atoms with Crippen molar-refractivity contribution in [2.75, 3.05) is 26.7 Å². The first kappa shape index (κ1) is 20.4. The van der Waals surface area contributed by atoms with Crippen molar-refractivity contribution < 1.29 is 0 Å². The summed E-state index contributed by atoms with van der Waals surface area (Å²) in [7, 11) is 2.24.